The topological polar surface area (TPSA) is 104 Å². The second kappa shape index (κ2) is 9.63. The van der Waals surface area contributed by atoms with Gasteiger partial charge in [0.15, 0.2) is 0 Å². The Balaban J connectivity index is 1.46. The van der Waals surface area contributed by atoms with Crippen LogP contribution in [0.3, 0.4) is 0 Å². The molecule has 0 saturated carbocycles. The molecule has 2 aliphatic heterocycles. The number of benzene rings is 1. The van der Waals surface area contributed by atoms with Gasteiger partial charge in [-0.15, -0.1) is 11.8 Å². The fraction of sp³-hybridized carbons (Fsp3) is 0.346. The summed E-state index contributed by atoms with van der Waals surface area (Å²) in [6.07, 6.45) is 7.87. The van der Waals surface area contributed by atoms with Gasteiger partial charge in [-0.25, -0.2) is 9.07 Å². The van der Waals surface area contributed by atoms with Gasteiger partial charge >= 0.3 is 0 Å². The number of piperidine rings is 1. The first kappa shape index (κ1) is 23.8. The molecule has 2 aromatic heterocycles. The number of carbonyl (C=O) groups is 1. The number of likely N-dealkylation sites (tertiary alicyclic amines) is 1. The average molecular weight is 502 g/mol. The van der Waals surface area contributed by atoms with E-state index in [0.717, 1.165) is 48.5 Å². The lowest BCUT2D eigenvalue weighted by Gasteiger charge is -2.31. The lowest BCUT2D eigenvalue weighted by atomic mass is 9.98. The number of halogens is 1. The second-order valence-electron chi connectivity index (χ2n) is 9.06. The highest BCUT2D eigenvalue weighted by Gasteiger charge is 2.30. The standard InChI is InChI=1S/C26H24FN7OS/c1-16-23(15-33(31-16)22-5-7-32(8-6-22)17(2)35)19-10-25(26-20(12-29)13-30-34(26)14-19)36-24-4-3-21(27)9-18(24)11-28/h3-4,9,13-15,22,25H,5-8,10H2,1-2H3. The second-order valence-corrected chi connectivity index (χ2v) is 10.3. The van der Waals surface area contributed by atoms with Crippen molar-refractivity contribution in [3.8, 4) is 12.1 Å². The highest BCUT2D eigenvalue weighted by atomic mass is 32.2. The molecule has 3 aromatic rings. The predicted octanol–water partition coefficient (Wildman–Crippen LogP) is 4.69. The summed E-state index contributed by atoms with van der Waals surface area (Å²) in [5, 5.41) is 28.2. The van der Waals surface area contributed by atoms with E-state index in [9.17, 15) is 19.7 Å². The van der Waals surface area contributed by atoms with Crippen molar-refractivity contribution in [2.45, 2.75) is 49.3 Å². The van der Waals surface area contributed by atoms with E-state index in [1.165, 1.54) is 23.9 Å². The molecule has 1 saturated heterocycles. The number of aromatic nitrogens is 4. The number of carbonyl (C=O) groups excluding carboxylic acids is 1. The Labute approximate surface area is 212 Å². The SMILES string of the molecule is CC(=O)N1CCC(n2cc(C3=Cn4ncc(C#N)c4C(Sc4ccc(F)cc4C#N)C3)c(C)n2)CC1. The van der Waals surface area contributed by atoms with Crippen molar-refractivity contribution in [2.75, 3.05) is 13.1 Å². The van der Waals surface area contributed by atoms with E-state index in [2.05, 4.69) is 23.4 Å². The van der Waals surface area contributed by atoms with Gasteiger partial charge in [0.25, 0.3) is 0 Å². The van der Waals surface area contributed by atoms with Crippen molar-refractivity contribution in [2.24, 2.45) is 0 Å². The van der Waals surface area contributed by atoms with Crippen LogP contribution in [-0.4, -0.2) is 43.5 Å². The summed E-state index contributed by atoms with van der Waals surface area (Å²) in [6.45, 7) is 5.03. The van der Waals surface area contributed by atoms with Crippen LogP contribution in [0.1, 0.15) is 65.6 Å². The lowest BCUT2D eigenvalue weighted by molar-refractivity contribution is -0.130. The maximum atomic E-state index is 13.7. The van der Waals surface area contributed by atoms with Crippen LogP contribution in [-0.2, 0) is 4.79 Å². The van der Waals surface area contributed by atoms with Crippen molar-refractivity contribution in [1.82, 2.24) is 24.5 Å². The highest BCUT2D eigenvalue weighted by Crippen LogP contribution is 2.47. The zero-order valence-electron chi connectivity index (χ0n) is 20.0. The van der Waals surface area contributed by atoms with Crippen LogP contribution in [0.15, 0.2) is 35.5 Å². The third-order valence-corrected chi connectivity index (χ3v) is 8.11. The smallest absolute Gasteiger partial charge is 0.219 e. The molecule has 8 nitrogen and oxygen atoms in total. The first-order valence-corrected chi connectivity index (χ1v) is 12.6. The Bertz CT molecular complexity index is 1450. The van der Waals surface area contributed by atoms with Crippen LogP contribution in [0.5, 0.6) is 0 Å². The highest BCUT2D eigenvalue weighted by molar-refractivity contribution is 7.99. The van der Waals surface area contributed by atoms with E-state index in [4.69, 9.17) is 5.10 Å². The zero-order chi connectivity index (χ0) is 25.4. The number of thioether (sulfide) groups is 1. The van der Waals surface area contributed by atoms with Gasteiger partial charge in [-0.1, -0.05) is 0 Å². The molecule has 0 bridgehead atoms. The lowest BCUT2D eigenvalue weighted by Crippen LogP contribution is -2.37. The van der Waals surface area contributed by atoms with Gasteiger partial charge in [0.2, 0.25) is 5.91 Å². The molecule has 36 heavy (non-hydrogen) atoms. The number of fused-ring (bicyclic) bond motifs is 1. The molecule has 1 atom stereocenters. The van der Waals surface area contributed by atoms with Gasteiger partial charge < -0.3 is 4.90 Å². The first-order valence-electron chi connectivity index (χ1n) is 11.7. The molecular formula is C26H24FN7OS. The molecule has 1 unspecified atom stereocenters. The molecule has 1 fully saturated rings. The van der Waals surface area contributed by atoms with Crippen molar-refractivity contribution < 1.29 is 9.18 Å². The summed E-state index contributed by atoms with van der Waals surface area (Å²) < 4.78 is 17.5. The number of rotatable bonds is 4. The Hall–Kier alpha value is -3.89. The molecule has 1 amide bonds. The summed E-state index contributed by atoms with van der Waals surface area (Å²) in [6, 6.07) is 8.71. The third kappa shape index (κ3) is 4.40. The molecule has 1 aromatic carbocycles. The summed E-state index contributed by atoms with van der Waals surface area (Å²) in [5.74, 6) is -0.353. The Morgan fingerprint density at radius 3 is 2.64 bits per heavy atom. The van der Waals surface area contributed by atoms with E-state index < -0.39 is 5.82 Å². The Morgan fingerprint density at radius 1 is 1.19 bits per heavy atom. The molecule has 0 aliphatic carbocycles. The van der Waals surface area contributed by atoms with Gasteiger partial charge in [0.05, 0.1) is 40.0 Å². The molecule has 182 valence electrons. The maximum absolute atomic E-state index is 13.7. The van der Waals surface area contributed by atoms with E-state index >= 15 is 0 Å². The molecule has 4 heterocycles. The number of hydrogen-bond acceptors (Lipinski definition) is 6. The number of amides is 1. The van der Waals surface area contributed by atoms with Gasteiger partial charge in [-0.3, -0.25) is 9.48 Å². The Kier molecular flexibility index (Phi) is 6.38. The van der Waals surface area contributed by atoms with Crippen molar-refractivity contribution >= 4 is 29.4 Å². The van der Waals surface area contributed by atoms with Crippen molar-refractivity contribution in [1.29, 1.82) is 10.5 Å². The predicted molar refractivity (Wildman–Crippen MR) is 133 cm³/mol. The zero-order valence-corrected chi connectivity index (χ0v) is 20.8. The summed E-state index contributed by atoms with van der Waals surface area (Å²) >= 11 is 1.44. The molecular weight excluding hydrogens is 477 g/mol. The Morgan fingerprint density at radius 2 is 1.94 bits per heavy atom. The minimum Gasteiger partial charge on any atom is -0.343 e. The fourth-order valence-electron chi connectivity index (χ4n) is 4.93. The van der Waals surface area contributed by atoms with E-state index in [1.807, 2.05) is 22.7 Å². The summed E-state index contributed by atoms with van der Waals surface area (Å²) in [5.41, 5.74) is 4.44. The van der Waals surface area contributed by atoms with Gasteiger partial charge in [-0.05, 0) is 50.0 Å². The van der Waals surface area contributed by atoms with Crippen LogP contribution in [0.4, 0.5) is 4.39 Å². The van der Waals surface area contributed by atoms with Crippen molar-refractivity contribution in [3.05, 3.63) is 64.5 Å². The first-order chi connectivity index (χ1) is 17.4. The van der Waals surface area contributed by atoms with Gasteiger partial charge in [-0.2, -0.15) is 20.7 Å². The van der Waals surface area contributed by atoms with Crippen molar-refractivity contribution in [3.63, 3.8) is 0 Å². The number of allylic oxidation sites excluding steroid dienone is 1. The molecule has 10 heteroatoms. The quantitative estimate of drug-likeness (QED) is 0.514. The van der Waals surface area contributed by atoms with E-state index in [-0.39, 0.29) is 22.8 Å². The minimum atomic E-state index is -0.458. The summed E-state index contributed by atoms with van der Waals surface area (Å²) in [4.78, 5) is 14.2. The minimum absolute atomic E-state index is 0.106. The van der Waals surface area contributed by atoms with Crippen LogP contribution >= 0.6 is 11.8 Å². The van der Waals surface area contributed by atoms with Crippen LogP contribution in [0.25, 0.3) is 11.8 Å². The van der Waals surface area contributed by atoms with Gasteiger partial charge in [0.1, 0.15) is 18.0 Å². The summed E-state index contributed by atoms with van der Waals surface area (Å²) in [7, 11) is 0. The van der Waals surface area contributed by atoms with Crippen LogP contribution in [0.2, 0.25) is 0 Å². The number of aryl methyl sites for hydroxylation is 1. The van der Waals surface area contributed by atoms with E-state index in [1.54, 1.807) is 23.9 Å². The molecule has 2 aliphatic rings. The molecule has 0 spiro atoms. The van der Waals surface area contributed by atoms with Gasteiger partial charge in [0, 0.05) is 42.9 Å². The van der Waals surface area contributed by atoms with Crippen LogP contribution in [0, 0.1) is 35.4 Å². The number of nitrogens with zero attached hydrogens (tertiary/aromatic N) is 7. The van der Waals surface area contributed by atoms with E-state index in [0.29, 0.717) is 16.9 Å². The largest absolute Gasteiger partial charge is 0.343 e. The molecule has 5 rings (SSSR count). The molecule has 0 radical (unpaired) electrons. The number of nitriles is 2. The molecule has 0 N–H and O–H groups in total. The monoisotopic (exact) mass is 501 g/mol. The van der Waals surface area contributed by atoms with Crippen LogP contribution < -0.4 is 0 Å². The third-order valence-electron chi connectivity index (χ3n) is 6.82. The number of hydrogen-bond donors (Lipinski definition) is 0. The fourth-order valence-corrected chi connectivity index (χ4v) is 6.22. The normalized spacial score (nSPS) is 17.8. The average Bonchev–Trinajstić information content (AvgIpc) is 3.48. The maximum Gasteiger partial charge on any atom is 0.219 e.